The van der Waals surface area contributed by atoms with Crippen molar-refractivity contribution in [3.63, 3.8) is 0 Å². The second-order valence-electron chi connectivity index (χ2n) is 10.4. The molecule has 1 heterocycles. The summed E-state index contributed by atoms with van der Waals surface area (Å²) in [4.78, 5) is 15.6. The second kappa shape index (κ2) is 13.4. The number of hydrogen-bond donors (Lipinski definition) is 2. The number of allylic oxidation sites excluding steroid dienone is 1. The number of nitrogens with two attached hydrogens (primary N) is 1. The van der Waals surface area contributed by atoms with Crippen molar-refractivity contribution in [1.29, 1.82) is 0 Å². The number of nitrogens with one attached hydrogen (secondary N) is 1. The van der Waals surface area contributed by atoms with E-state index in [-0.39, 0.29) is 11.9 Å². The van der Waals surface area contributed by atoms with Crippen molar-refractivity contribution in [1.82, 2.24) is 4.90 Å². The van der Waals surface area contributed by atoms with Crippen LogP contribution < -0.4 is 15.8 Å². The molecule has 196 valence electrons. The summed E-state index contributed by atoms with van der Waals surface area (Å²) >= 11 is 0. The fourth-order valence-corrected chi connectivity index (χ4v) is 5.55. The smallest absolute Gasteiger partial charge is 0.254 e. The Balaban J connectivity index is 1.45. The number of ether oxygens (including phenoxy) is 1. The Morgan fingerprint density at radius 2 is 1.95 bits per heavy atom. The van der Waals surface area contributed by atoms with Gasteiger partial charge in [0.15, 0.2) is 0 Å². The zero-order valence-corrected chi connectivity index (χ0v) is 22.0. The van der Waals surface area contributed by atoms with E-state index in [1.54, 1.807) is 0 Å². The lowest BCUT2D eigenvalue weighted by molar-refractivity contribution is 0.0653. The number of unbranched alkanes of at least 4 members (excludes halogenated alkanes) is 1. The van der Waals surface area contributed by atoms with Crippen molar-refractivity contribution in [3.05, 3.63) is 71.4 Å². The zero-order chi connectivity index (χ0) is 26.0. The number of anilines is 1. The van der Waals surface area contributed by atoms with Crippen LogP contribution in [0.2, 0.25) is 0 Å². The van der Waals surface area contributed by atoms with Crippen LogP contribution in [-0.2, 0) is 6.42 Å². The van der Waals surface area contributed by atoms with Crippen LogP contribution in [0, 0.1) is 18.3 Å². The first kappa shape index (κ1) is 26.8. The number of nitrogens with zero attached hydrogens (tertiary/aromatic N) is 1. The third kappa shape index (κ3) is 7.17. The largest absolute Gasteiger partial charge is 0.494 e. The van der Waals surface area contributed by atoms with Gasteiger partial charge in [0, 0.05) is 29.9 Å². The van der Waals surface area contributed by atoms with Crippen molar-refractivity contribution in [2.24, 2.45) is 11.7 Å². The number of fused-ring (bicyclic) bond motifs is 1. The van der Waals surface area contributed by atoms with Gasteiger partial charge in [0.05, 0.1) is 12.6 Å². The van der Waals surface area contributed by atoms with Crippen LogP contribution in [0.3, 0.4) is 0 Å². The average molecular weight is 500 g/mol. The molecule has 1 aliphatic carbocycles. The number of hydrogen-bond acceptors (Lipinski definition) is 4. The van der Waals surface area contributed by atoms with Gasteiger partial charge in [-0.1, -0.05) is 50.5 Å². The molecule has 1 atom stereocenters. The van der Waals surface area contributed by atoms with Crippen LogP contribution in [0.25, 0.3) is 0 Å². The number of amides is 1. The molecule has 3 N–H and O–H groups in total. The molecular weight excluding hydrogens is 458 g/mol. The summed E-state index contributed by atoms with van der Waals surface area (Å²) in [6.45, 7) is 6.11. The number of carbonyl (C=O) groups is 1. The Kier molecular flexibility index (Phi) is 9.68. The topological polar surface area (TPSA) is 67.6 Å². The van der Waals surface area contributed by atoms with E-state index in [4.69, 9.17) is 16.9 Å². The van der Waals surface area contributed by atoms with E-state index in [0.29, 0.717) is 26.1 Å². The first-order valence-corrected chi connectivity index (χ1v) is 13.8. The minimum absolute atomic E-state index is 0.0313. The molecule has 5 heteroatoms. The highest BCUT2D eigenvalue weighted by molar-refractivity contribution is 5.98. The van der Waals surface area contributed by atoms with E-state index in [0.717, 1.165) is 65.4 Å². The van der Waals surface area contributed by atoms with Gasteiger partial charge in [0.1, 0.15) is 5.75 Å². The summed E-state index contributed by atoms with van der Waals surface area (Å²) in [5, 5.41) is 3.45. The van der Waals surface area contributed by atoms with Crippen molar-refractivity contribution in [3.8, 4) is 18.1 Å². The molecule has 0 aromatic heterocycles. The maximum Gasteiger partial charge on any atom is 0.254 e. The van der Waals surface area contributed by atoms with Crippen LogP contribution in [0.4, 0.5) is 5.69 Å². The van der Waals surface area contributed by atoms with Crippen LogP contribution >= 0.6 is 0 Å². The van der Waals surface area contributed by atoms with Crippen LogP contribution in [0.1, 0.15) is 85.3 Å². The maximum atomic E-state index is 13.7. The predicted octanol–water partition coefficient (Wildman–Crippen LogP) is 6.46. The fraction of sp³-hybridized carbons (Fsp3) is 0.469. The monoisotopic (exact) mass is 499 g/mol. The summed E-state index contributed by atoms with van der Waals surface area (Å²) < 4.78 is 5.83. The quantitative estimate of drug-likeness (QED) is 0.245. The second-order valence-corrected chi connectivity index (χ2v) is 10.4. The third-order valence-corrected chi connectivity index (χ3v) is 7.67. The van der Waals surface area contributed by atoms with Crippen molar-refractivity contribution in [2.45, 2.75) is 70.3 Å². The van der Waals surface area contributed by atoms with Crippen molar-refractivity contribution >= 4 is 11.6 Å². The standard InChI is InChI=1S/C32H41N3O2/c1-3-4-20-35-31(26-14-17-29(18-15-26)37-21-8-7-19-33)22-27-13-16-28(23-30(27)32(35)36)34-24(2)11-12-25-9-5-6-10-25/h1,13-18,23,25,31,34H,2,4-12,19-22,33H2. The third-order valence-electron chi connectivity index (χ3n) is 7.67. The summed E-state index contributed by atoms with van der Waals surface area (Å²) in [7, 11) is 0. The Morgan fingerprint density at radius 1 is 1.16 bits per heavy atom. The molecule has 1 amide bonds. The van der Waals surface area contributed by atoms with E-state index >= 15 is 0 Å². The SMILES string of the molecule is C#CCCN1C(=O)c2cc(NC(=C)CCC3CCCC3)ccc2CC1c1ccc(OCCCCN)cc1. The Hall–Kier alpha value is -3.23. The molecule has 37 heavy (non-hydrogen) atoms. The number of benzene rings is 2. The molecule has 0 saturated heterocycles. The highest BCUT2D eigenvalue weighted by Gasteiger charge is 2.33. The first-order valence-electron chi connectivity index (χ1n) is 13.8. The van der Waals surface area contributed by atoms with Gasteiger partial charge < -0.3 is 20.7 Å². The van der Waals surface area contributed by atoms with Crippen molar-refractivity contribution in [2.75, 3.05) is 25.0 Å². The maximum absolute atomic E-state index is 13.7. The molecular formula is C32H41N3O2. The first-order chi connectivity index (χ1) is 18.1. The van der Waals surface area contributed by atoms with Gasteiger partial charge in [-0.25, -0.2) is 0 Å². The van der Waals surface area contributed by atoms with Gasteiger partial charge in [0.25, 0.3) is 5.91 Å². The van der Waals surface area contributed by atoms with E-state index in [1.807, 2.05) is 23.1 Å². The van der Waals surface area contributed by atoms with Gasteiger partial charge in [-0.05, 0) is 80.0 Å². The van der Waals surface area contributed by atoms with Crippen LogP contribution in [-0.4, -0.2) is 30.5 Å². The summed E-state index contributed by atoms with van der Waals surface area (Å²) in [5.74, 6) is 4.40. The molecule has 4 rings (SSSR count). The van der Waals surface area contributed by atoms with E-state index in [1.165, 1.54) is 32.1 Å². The highest BCUT2D eigenvalue weighted by Crippen LogP contribution is 2.36. The van der Waals surface area contributed by atoms with Gasteiger partial charge in [-0.15, -0.1) is 12.3 Å². The summed E-state index contributed by atoms with van der Waals surface area (Å²) in [6.07, 6.45) is 16.3. The van der Waals surface area contributed by atoms with Gasteiger partial charge in [-0.2, -0.15) is 0 Å². The molecule has 2 aromatic rings. The average Bonchev–Trinajstić information content (AvgIpc) is 3.44. The molecule has 1 aliphatic heterocycles. The molecule has 1 unspecified atom stereocenters. The minimum atomic E-state index is -0.0557. The van der Waals surface area contributed by atoms with E-state index in [2.05, 4.69) is 42.1 Å². The molecule has 0 bridgehead atoms. The normalized spacial score (nSPS) is 17.4. The molecule has 5 nitrogen and oxygen atoms in total. The summed E-state index contributed by atoms with van der Waals surface area (Å²) in [5.41, 5.74) is 10.4. The van der Waals surface area contributed by atoms with Crippen LogP contribution in [0.15, 0.2) is 54.7 Å². The Morgan fingerprint density at radius 3 is 2.68 bits per heavy atom. The minimum Gasteiger partial charge on any atom is -0.494 e. The molecule has 0 spiro atoms. The zero-order valence-electron chi connectivity index (χ0n) is 22.0. The van der Waals surface area contributed by atoms with E-state index in [9.17, 15) is 4.79 Å². The number of rotatable bonds is 13. The lowest BCUT2D eigenvalue weighted by atomic mass is 9.88. The fourth-order valence-electron chi connectivity index (χ4n) is 5.55. The number of carbonyl (C=O) groups excluding carboxylic acids is 1. The predicted molar refractivity (Wildman–Crippen MR) is 152 cm³/mol. The van der Waals surface area contributed by atoms with E-state index < -0.39 is 0 Å². The molecule has 2 aliphatic rings. The highest BCUT2D eigenvalue weighted by atomic mass is 16.5. The molecule has 0 radical (unpaired) electrons. The Labute approximate surface area is 222 Å². The van der Waals surface area contributed by atoms with Gasteiger partial charge >= 0.3 is 0 Å². The van der Waals surface area contributed by atoms with Gasteiger partial charge in [-0.3, -0.25) is 4.79 Å². The Bertz CT molecular complexity index is 1100. The lowest BCUT2D eigenvalue weighted by Gasteiger charge is -2.37. The number of terminal acetylenes is 1. The van der Waals surface area contributed by atoms with Crippen molar-refractivity contribution < 1.29 is 9.53 Å². The summed E-state index contributed by atoms with van der Waals surface area (Å²) in [6, 6.07) is 14.2. The molecule has 2 aromatic carbocycles. The molecule has 1 fully saturated rings. The lowest BCUT2D eigenvalue weighted by Crippen LogP contribution is -2.41. The van der Waals surface area contributed by atoms with Gasteiger partial charge in [0.2, 0.25) is 0 Å². The van der Waals surface area contributed by atoms with Crippen LogP contribution in [0.5, 0.6) is 5.75 Å². The molecule has 1 saturated carbocycles.